The van der Waals surface area contributed by atoms with Crippen molar-refractivity contribution in [3.63, 3.8) is 0 Å². The summed E-state index contributed by atoms with van der Waals surface area (Å²) in [7, 11) is 0. The van der Waals surface area contributed by atoms with Crippen LogP contribution in [0.2, 0.25) is 0 Å². The number of hydrogen-bond acceptors (Lipinski definition) is 4. The van der Waals surface area contributed by atoms with Crippen molar-refractivity contribution in [2.75, 3.05) is 18.0 Å². The summed E-state index contributed by atoms with van der Waals surface area (Å²) in [6.07, 6.45) is 1.52. The third-order valence-corrected chi connectivity index (χ3v) is 2.56. The van der Waals surface area contributed by atoms with Gasteiger partial charge in [-0.25, -0.2) is 9.18 Å². The van der Waals surface area contributed by atoms with E-state index in [9.17, 15) is 19.3 Å². The Hall–Kier alpha value is -2.44. The van der Waals surface area contributed by atoms with Crippen LogP contribution in [0.1, 0.15) is 17.3 Å². The number of carboxylic acid groups (broad SMARTS) is 1. The van der Waals surface area contributed by atoms with E-state index >= 15 is 0 Å². The van der Waals surface area contributed by atoms with Crippen LogP contribution in [-0.4, -0.2) is 29.1 Å². The zero-order valence-electron chi connectivity index (χ0n) is 10.3. The Morgan fingerprint density at radius 1 is 1.63 bits per heavy atom. The number of nitro benzene ring substituents is 1. The lowest BCUT2D eigenvalue weighted by Crippen LogP contribution is -2.24. The Labute approximate surface area is 108 Å². The SMILES string of the molecule is C=CCN(CC)c1cc(C(=O)O)c(F)cc1[N+](=O)[O-]. The molecule has 1 aromatic rings. The van der Waals surface area contributed by atoms with Gasteiger partial charge in [0.15, 0.2) is 0 Å². The molecule has 1 aromatic carbocycles. The number of carbonyl (C=O) groups is 1. The zero-order chi connectivity index (χ0) is 14.6. The number of nitro groups is 1. The maximum Gasteiger partial charge on any atom is 0.338 e. The summed E-state index contributed by atoms with van der Waals surface area (Å²) in [4.78, 5) is 22.6. The fourth-order valence-electron chi connectivity index (χ4n) is 1.67. The number of benzene rings is 1. The summed E-state index contributed by atoms with van der Waals surface area (Å²) < 4.78 is 13.5. The average molecular weight is 268 g/mol. The van der Waals surface area contributed by atoms with Gasteiger partial charge in [0.1, 0.15) is 11.5 Å². The molecule has 0 fully saturated rings. The monoisotopic (exact) mass is 268 g/mol. The van der Waals surface area contributed by atoms with Crippen molar-refractivity contribution in [2.45, 2.75) is 6.92 Å². The second-order valence-electron chi connectivity index (χ2n) is 3.71. The first-order valence-electron chi connectivity index (χ1n) is 5.49. The van der Waals surface area contributed by atoms with Crippen molar-refractivity contribution in [1.82, 2.24) is 0 Å². The van der Waals surface area contributed by atoms with Gasteiger partial charge in [-0.15, -0.1) is 6.58 Å². The van der Waals surface area contributed by atoms with Crippen LogP contribution in [0.15, 0.2) is 24.8 Å². The Balaban J connectivity index is 3.48. The summed E-state index contributed by atoms with van der Waals surface area (Å²) in [5.74, 6) is -2.60. The van der Waals surface area contributed by atoms with E-state index in [-0.39, 0.29) is 5.69 Å². The van der Waals surface area contributed by atoms with E-state index < -0.39 is 28.0 Å². The van der Waals surface area contributed by atoms with E-state index in [4.69, 9.17) is 5.11 Å². The Bertz CT molecular complexity index is 531. The van der Waals surface area contributed by atoms with E-state index in [1.807, 2.05) is 0 Å². The fourth-order valence-corrected chi connectivity index (χ4v) is 1.67. The lowest BCUT2D eigenvalue weighted by Gasteiger charge is -2.21. The number of halogens is 1. The summed E-state index contributed by atoms with van der Waals surface area (Å²) in [6, 6.07) is 1.60. The van der Waals surface area contributed by atoms with Crippen molar-refractivity contribution in [3.8, 4) is 0 Å². The Kier molecular flexibility index (Phi) is 4.57. The highest BCUT2D eigenvalue weighted by atomic mass is 19.1. The minimum absolute atomic E-state index is 0.0613. The molecule has 0 radical (unpaired) electrons. The van der Waals surface area contributed by atoms with Crippen molar-refractivity contribution in [1.29, 1.82) is 0 Å². The standard InChI is InChI=1S/C12H13FN2O4/c1-3-5-14(4-2)10-6-8(12(16)17)9(13)7-11(10)15(18)19/h3,6-7H,1,4-5H2,2H3,(H,16,17). The molecule has 0 unspecified atom stereocenters. The van der Waals surface area contributed by atoms with Gasteiger partial charge in [-0.05, 0) is 13.0 Å². The molecule has 0 atom stereocenters. The van der Waals surface area contributed by atoms with Crippen LogP contribution in [-0.2, 0) is 0 Å². The molecular weight excluding hydrogens is 255 g/mol. The van der Waals surface area contributed by atoms with Crippen LogP contribution in [0.5, 0.6) is 0 Å². The Morgan fingerprint density at radius 3 is 2.68 bits per heavy atom. The molecule has 1 rings (SSSR count). The first kappa shape index (κ1) is 14.6. The number of aromatic carboxylic acids is 1. The van der Waals surface area contributed by atoms with Crippen LogP contribution < -0.4 is 4.90 Å². The first-order valence-corrected chi connectivity index (χ1v) is 5.49. The topological polar surface area (TPSA) is 83.7 Å². The fraction of sp³-hybridized carbons (Fsp3) is 0.250. The van der Waals surface area contributed by atoms with Gasteiger partial charge in [-0.1, -0.05) is 6.08 Å². The molecule has 0 saturated heterocycles. The van der Waals surface area contributed by atoms with Gasteiger partial charge in [0.05, 0.1) is 16.6 Å². The highest BCUT2D eigenvalue weighted by Gasteiger charge is 2.24. The molecule has 6 nitrogen and oxygen atoms in total. The van der Waals surface area contributed by atoms with E-state index in [0.717, 1.165) is 6.07 Å². The zero-order valence-corrected chi connectivity index (χ0v) is 10.3. The maximum absolute atomic E-state index is 13.5. The van der Waals surface area contributed by atoms with Crippen molar-refractivity contribution in [3.05, 3.63) is 46.3 Å². The minimum atomic E-state index is -1.47. The second kappa shape index (κ2) is 5.94. The number of carboxylic acids is 1. The van der Waals surface area contributed by atoms with Gasteiger partial charge in [0, 0.05) is 13.1 Å². The molecule has 0 saturated carbocycles. The summed E-state index contributed by atoms with van der Waals surface area (Å²) in [5, 5.41) is 19.8. The van der Waals surface area contributed by atoms with Gasteiger partial charge >= 0.3 is 5.97 Å². The molecule has 0 heterocycles. The van der Waals surface area contributed by atoms with Crippen molar-refractivity contribution in [2.24, 2.45) is 0 Å². The largest absolute Gasteiger partial charge is 0.478 e. The lowest BCUT2D eigenvalue weighted by molar-refractivity contribution is -0.384. The average Bonchev–Trinajstić information content (AvgIpc) is 2.35. The van der Waals surface area contributed by atoms with Gasteiger partial charge in [-0.2, -0.15) is 0 Å². The number of hydrogen-bond donors (Lipinski definition) is 1. The molecule has 102 valence electrons. The molecule has 0 aliphatic carbocycles. The molecule has 0 amide bonds. The lowest BCUT2D eigenvalue weighted by atomic mass is 10.1. The van der Waals surface area contributed by atoms with Gasteiger partial charge in [-0.3, -0.25) is 10.1 Å². The summed E-state index contributed by atoms with van der Waals surface area (Å²) >= 11 is 0. The molecular formula is C12H13FN2O4. The summed E-state index contributed by atoms with van der Waals surface area (Å²) in [6.45, 7) is 5.96. The molecule has 0 aliphatic heterocycles. The van der Waals surface area contributed by atoms with Crippen molar-refractivity contribution >= 4 is 17.3 Å². The van der Waals surface area contributed by atoms with E-state index in [1.54, 1.807) is 6.92 Å². The normalized spacial score (nSPS) is 10.0. The van der Waals surface area contributed by atoms with Crippen LogP contribution in [0.4, 0.5) is 15.8 Å². The molecule has 0 bridgehead atoms. The molecule has 1 N–H and O–H groups in total. The predicted molar refractivity (Wildman–Crippen MR) is 68.1 cm³/mol. The van der Waals surface area contributed by atoms with Gasteiger partial charge in [0.2, 0.25) is 0 Å². The van der Waals surface area contributed by atoms with Gasteiger partial charge < -0.3 is 10.0 Å². The number of anilines is 1. The number of likely N-dealkylation sites (N-methyl/N-ethyl adjacent to an activating group) is 1. The first-order chi connectivity index (χ1) is 8.92. The van der Waals surface area contributed by atoms with Crippen LogP contribution in [0.3, 0.4) is 0 Å². The maximum atomic E-state index is 13.5. The number of rotatable bonds is 6. The highest BCUT2D eigenvalue weighted by Crippen LogP contribution is 2.31. The smallest absolute Gasteiger partial charge is 0.338 e. The third kappa shape index (κ3) is 3.06. The molecule has 0 spiro atoms. The molecule has 0 aliphatic rings. The highest BCUT2D eigenvalue weighted by molar-refractivity contribution is 5.90. The number of nitrogens with zero attached hydrogens (tertiary/aromatic N) is 2. The van der Waals surface area contributed by atoms with E-state index in [2.05, 4.69) is 6.58 Å². The van der Waals surface area contributed by atoms with Crippen LogP contribution >= 0.6 is 0 Å². The van der Waals surface area contributed by atoms with E-state index in [0.29, 0.717) is 19.2 Å². The summed E-state index contributed by atoms with van der Waals surface area (Å²) in [5.41, 5.74) is -1.000. The predicted octanol–water partition coefficient (Wildman–Crippen LogP) is 2.44. The van der Waals surface area contributed by atoms with Crippen molar-refractivity contribution < 1.29 is 19.2 Å². The van der Waals surface area contributed by atoms with E-state index in [1.165, 1.54) is 11.0 Å². The molecule has 0 aromatic heterocycles. The van der Waals surface area contributed by atoms with Crippen LogP contribution in [0, 0.1) is 15.9 Å². The minimum Gasteiger partial charge on any atom is -0.478 e. The molecule has 19 heavy (non-hydrogen) atoms. The third-order valence-electron chi connectivity index (χ3n) is 2.56. The van der Waals surface area contributed by atoms with Crippen LogP contribution in [0.25, 0.3) is 0 Å². The van der Waals surface area contributed by atoms with Gasteiger partial charge in [0.25, 0.3) is 5.69 Å². The Morgan fingerprint density at radius 2 is 2.26 bits per heavy atom. The molecule has 7 heteroatoms. The second-order valence-corrected chi connectivity index (χ2v) is 3.71. The quantitative estimate of drug-likeness (QED) is 0.486.